The lowest BCUT2D eigenvalue weighted by Crippen LogP contribution is -2.49. The first-order valence-electron chi connectivity index (χ1n) is 14.9. The lowest BCUT2D eigenvalue weighted by atomic mass is 10.1. The second-order valence-electron chi connectivity index (χ2n) is 12.3. The number of hydrogen-bond donors (Lipinski definition) is 1. The number of hydrogen-bond acceptors (Lipinski definition) is 10. The predicted octanol–water partition coefficient (Wildman–Crippen LogP) is 3.35. The molecule has 1 amide bonds. The van der Waals surface area contributed by atoms with E-state index in [2.05, 4.69) is 32.3 Å². The number of sulfonamides is 1. The quantitative estimate of drug-likeness (QED) is 0.426. The van der Waals surface area contributed by atoms with Crippen molar-refractivity contribution in [1.29, 1.82) is 0 Å². The standard InChI is InChI=1S/C30H39N7O5S/c1-30(2,3)42-29(38)36-16-17-41-23(20-36)19-33-28-27-26(31-10-11-32-27)18-25(34-28)21-4-6-22(7-5-21)35-12-14-37(15-13-35)43(39,40)24-8-9-24/h4-7,10-11,18,23-24H,8-9,12-17,19-20H2,1-3H3,(H,33,34). The van der Waals surface area contributed by atoms with Crippen LogP contribution in [0.15, 0.2) is 42.7 Å². The molecule has 1 unspecified atom stereocenters. The Bertz CT molecular complexity index is 1570. The highest BCUT2D eigenvalue weighted by Gasteiger charge is 2.41. The third-order valence-corrected chi connectivity index (χ3v) is 10.2. The van der Waals surface area contributed by atoms with Gasteiger partial charge in [-0.2, -0.15) is 4.31 Å². The largest absolute Gasteiger partial charge is 0.444 e. The van der Waals surface area contributed by atoms with Crippen LogP contribution >= 0.6 is 0 Å². The van der Waals surface area contributed by atoms with Crippen molar-refractivity contribution in [1.82, 2.24) is 24.2 Å². The van der Waals surface area contributed by atoms with Crippen LogP contribution in [0.25, 0.3) is 22.3 Å². The minimum Gasteiger partial charge on any atom is -0.444 e. The summed E-state index contributed by atoms with van der Waals surface area (Å²) in [5.41, 5.74) is 3.54. The first kappa shape index (κ1) is 29.5. The molecule has 0 radical (unpaired) electrons. The lowest BCUT2D eigenvalue weighted by Gasteiger charge is -2.35. The molecule has 1 aromatic carbocycles. The molecule has 13 heteroatoms. The van der Waals surface area contributed by atoms with Gasteiger partial charge in [0.1, 0.15) is 11.1 Å². The monoisotopic (exact) mass is 609 g/mol. The smallest absolute Gasteiger partial charge is 0.410 e. The summed E-state index contributed by atoms with van der Waals surface area (Å²) >= 11 is 0. The Morgan fingerprint density at radius 2 is 1.77 bits per heavy atom. The molecular formula is C30H39N7O5S. The third kappa shape index (κ3) is 6.84. The van der Waals surface area contributed by atoms with E-state index < -0.39 is 15.6 Å². The van der Waals surface area contributed by atoms with Gasteiger partial charge in [-0.15, -0.1) is 0 Å². The maximum Gasteiger partial charge on any atom is 0.410 e. The van der Waals surface area contributed by atoms with E-state index in [4.69, 9.17) is 14.5 Å². The number of rotatable bonds is 7. The fourth-order valence-electron chi connectivity index (χ4n) is 5.41. The average Bonchev–Trinajstić information content (AvgIpc) is 3.86. The van der Waals surface area contributed by atoms with Crippen LogP contribution in [0, 0.1) is 0 Å². The molecule has 1 N–H and O–H groups in total. The summed E-state index contributed by atoms with van der Waals surface area (Å²) < 4.78 is 38.3. The number of pyridine rings is 1. The van der Waals surface area contributed by atoms with Crippen LogP contribution in [-0.4, -0.2) is 108 Å². The molecule has 1 aliphatic carbocycles. The highest BCUT2D eigenvalue weighted by molar-refractivity contribution is 7.90. The van der Waals surface area contributed by atoms with E-state index in [0.29, 0.717) is 69.3 Å². The zero-order chi connectivity index (χ0) is 30.2. The van der Waals surface area contributed by atoms with Crippen molar-refractivity contribution in [3.05, 3.63) is 42.7 Å². The Morgan fingerprint density at radius 3 is 2.47 bits per heavy atom. The van der Waals surface area contributed by atoms with E-state index in [1.165, 1.54) is 0 Å². The number of nitrogens with one attached hydrogen (secondary N) is 1. The topological polar surface area (TPSA) is 130 Å². The molecule has 3 aromatic rings. The van der Waals surface area contributed by atoms with Gasteiger partial charge >= 0.3 is 6.09 Å². The number of fused-ring (bicyclic) bond motifs is 1. The van der Waals surface area contributed by atoms with Crippen molar-refractivity contribution in [3.63, 3.8) is 0 Å². The molecule has 2 aromatic heterocycles. The average molecular weight is 610 g/mol. The maximum atomic E-state index is 12.6. The molecule has 1 saturated carbocycles. The van der Waals surface area contributed by atoms with E-state index in [0.717, 1.165) is 29.8 Å². The molecule has 4 heterocycles. The Hall–Kier alpha value is -3.55. The van der Waals surface area contributed by atoms with Gasteiger partial charge in [0.05, 0.1) is 35.7 Å². The molecule has 230 valence electrons. The Balaban J connectivity index is 1.13. The van der Waals surface area contributed by atoms with Gasteiger partial charge in [-0.25, -0.2) is 23.2 Å². The first-order chi connectivity index (χ1) is 20.6. The van der Waals surface area contributed by atoms with Gasteiger partial charge in [0.15, 0.2) is 5.82 Å². The van der Waals surface area contributed by atoms with Crippen molar-refractivity contribution in [2.45, 2.75) is 50.6 Å². The summed E-state index contributed by atoms with van der Waals surface area (Å²) in [6, 6.07) is 10.1. The fraction of sp³-hybridized carbons (Fsp3) is 0.533. The van der Waals surface area contributed by atoms with E-state index >= 15 is 0 Å². The third-order valence-electron chi connectivity index (χ3n) is 7.82. The number of piperazine rings is 1. The molecular weight excluding hydrogens is 570 g/mol. The second kappa shape index (κ2) is 11.9. The Morgan fingerprint density at radius 1 is 1.05 bits per heavy atom. The summed E-state index contributed by atoms with van der Waals surface area (Å²) in [5.74, 6) is 0.593. The molecule has 3 fully saturated rings. The number of nitrogens with zero attached hydrogens (tertiary/aromatic N) is 6. The molecule has 2 aliphatic heterocycles. The molecule has 2 saturated heterocycles. The van der Waals surface area contributed by atoms with Crippen LogP contribution in [-0.2, 0) is 19.5 Å². The molecule has 1 atom stereocenters. The van der Waals surface area contributed by atoms with Crippen molar-refractivity contribution in [2.24, 2.45) is 0 Å². The van der Waals surface area contributed by atoms with E-state index in [9.17, 15) is 13.2 Å². The minimum absolute atomic E-state index is 0.168. The number of aromatic nitrogens is 3. The van der Waals surface area contributed by atoms with Gasteiger partial charge in [-0.1, -0.05) is 12.1 Å². The number of benzene rings is 1. The highest BCUT2D eigenvalue weighted by Crippen LogP contribution is 2.32. The summed E-state index contributed by atoms with van der Waals surface area (Å²) in [5, 5.41) is 3.22. The minimum atomic E-state index is -3.13. The normalized spacial score (nSPS) is 20.3. The van der Waals surface area contributed by atoms with Crippen molar-refractivity contribution >= 4 is 38.7 Å². The van der Waals surface area contributed by atoms with E-state index in [-0.39, 0.29) is 17.4 Å². The lowest BCUT2D eigenvalue weighted by molar-refractivity contribution is -0.0371. The summed E-state index contributed by atoms with van der Waals surface area (Å²) in [4.78, 5) is 30.4. The Labute approximate surface area is 252 Å². The molecule has 3 aliphatic rings. The van der Waals surface area contributed by atoms with Crippen LogP contribution in [0.5, 0.6) is 0 Å². The highest BCUT2D eigenvalue weighted by atomic mass is 32.2. The number of morpholine rings is 1. The van der Waals surface area contributed by atoms with E-state index in [1.807, 2.05) is 39.0 Å². The number of amides is 1. The van der Waals surface area contributed by atoms with Gasteiger partial charge in [0.2, 0.25) is 10.0 Å². The van der Waals surface area contributed by atoms with Gasteiger partial charge < -0.3 is 24.6 Å². The first-order valence-corrected chi connectivity index (χ1v) is 16.4. The van der Waals surface area contributed by atoms with Gasteiger partial charge in [0.25, 0.3) is 0 Å². The number of carbonyl (C=O) groups excluding carboxylic acids is 1. The molecule has 43 heavy (non-hydrogen) atoms. The van der Waals surface area contributed by atoms with Crippen molar-refractivity contribution in [3.8, 4) is 11.3 Å². The number of anilines is 2. The molecule has 6 rings (SSSR count). The van der Waals surface area contributed by atoms with Crippen molar-refractivity contribution in [2.75, 3.05) is 62.6 Å². The number of carbonyl (C=O) groups is 1. The SMILES string of the molecule is CC(C)(C)OC(=O)N1CCOC(CNc2nc(-c3ccc(N4CCN(S(=O)(=O)C5CC5)CC4)cc3)cc3nccnc23)C1. The number of ether oxygens (including phenoxy) is 2. The fourth-order valence-corrected chi connectivity index (χ4v) is 7.24. The van der Waals surface area contributed by atoms with Gasteiger partial charge in [-0.05, 0) is 51.8 Å². The van der Waals surface area contributed by atoms with E-state index in [1.54, 1.807) is 21.6 Å². The summed E-state index contributed by atoms with van der Waals surface area (Å²) in [7, 11) is -3.13. The van der Waals surface area contributed by atoms with Crippen LogP contribution in [0.2, 0.25) is 0 Å². The molecule has 0 spiro atoms. The zero-order valence-electron chi connectivity index (χ0n) is 24.9. The van der Waals surface area contributed by atoms with Gasteiger partial charge in [0, 0.05) is 62.9 Å². The van der Waals surface area contributed by atoms with Gasteiger partial charge in [-0.3, -0.25) is 4.98 Å². The predicted molar refractivity (Wildman–Crippen MR) is 165 cm³/mol. The Kier molecular flexibility index (Phi) is 8.14. The van der Waals surface area contributed by atoms with Crippen LogP contribution in [0.1, 0.15) is 33.6 Å². The summed E-state index contributed by atoms with van der Waals surface area (Å²) in [6.45, 7) is 9.68. The van der Waals surface area contributed by atoms with Crippen molar-refractivity contribution < 1.29 is 22.7 Å². The maximum absolute atomic E-state index is 12.6. The molecule has 12 nitrogen and oxygen atoms in total. The summed E-state index contributed by atoms with van der Waals surface area (Å²) in [6.07, 6.45) is 4.29. The van der Waals surface area contributed by atoms with Crippen LogP contribution in [0.4, 0.5) is 16.3 Å². The zero-order valence-corrected chi connectivity index (χ0v) is 25.7. The second-order valence-corrected chi connectivity index (χ2v) is 14.5. The van der Waals surface area contributed by atoms with Crippen LogP contribution < -0.4 is 10.2 Å². The van der Waals surface area contributed by atoms with Crippen LogP contribution in [0.3, 0.4) is 0 Å². The molecule has 0 bridgehead atoms.